The molecule has 0 rings (SSSR count). The van der Waals surface area contributed by atoms with Crippen LogP contribution in [0.15, 0.2) is 12.7 Å². The molecule has 0 saturated carbocycles. The maximum atomic E-state index is 10.6. The fourth-order valence-electron chi connectivity index (χ4n) is 0.874. The second-order valence-electron chi connectivity index (χ2n) is 2.40. The molecular weight excluding hydrogens is 215 g/mol. The Morgan fingerprint density at radius 3 is 2.50 bits per heavy atom. The number of carbonyl (C=O) groups is 1. The van der Waals surface area contributed by atoms with Crippen molar-refractivity contribution in [3.8, 4) is 0 Å². The predicted octanol–water partition coefficient (Wildman–Crippen LogP) is 2.25. The first kappa shape index (κ1) is 11.8. The zero-order valence-electron chi connectivity index (χ0n) is 7.88. The van der Waals surface area contributed by atoms with Gasteiger partial charge in [-0.15, -0.1) is 0 Å². The van der Waals surface area contributed by atoms with Gasteiger partial charge < -0.3 is 0 Å². The average Bonchev–Trinajstić information content (AvgIpc) is 2.12. The van der Waals surface area contributed by atoms with Crippen LogP contribution < -0.4 is 0 Å². The van der Waals surface area contributed by atoms with Crippen molar-refractivity contribution in [2.24, 2.45) is 0 Å². The van der Waals surface area contributed by atoms with Crippen molar-refractivity contribution in [1.29, 1.82) is 0 Å². The van der Waals surface area contributed by atoms with E-state index in [4.69, 9.17) is 4.74 Å². The van der Waals surface area contributed by atoms with Crippen molar-refractivity contribution >= 4 is 20.6 Å². The zero-order chi connectivity index (χ0) is 9.40. The standard InChI is InChI=1S/C9H17AsO2/c1-4-9(11)12-8-7-10(5-2)6-3/h4H,1,5-8H2,2-3H3. The van der Waals surface area contributed by atoms with Crippen molar-refractivity contribution in [3.63, 3.8) is 0 Å². The molecule has 70 valence electrons. The van der Waals surface area contributed by atoms with Gasteiger partial charge in [0.15, 0.2) is 0 Å². The summed E-state index contributed by atoms with van der Waals surface area (Å²) < 4.78 is 4.90. The molecule has 0 aliphatic carbocycles. The number of esters is 1. The van der Waals surface area contributed by atoms with E-state index in [1.165, 1.54) is 16.5 Å². The topological polar surface area (TPSA) is 26.3 Å². The van der Waals surface area contributed by atoms with Crippen LogP contribution in [0.1, 0.15) is 13.8 Å². The van der Waals surface area contributed by atoms with E-state index in [0.717, 1.165) is 5.21 Å². The maximum absolute atomic E-state index is 10.6. The van der Waals surface area contributed by atoms with Gasteiger partial charge in [-0.2, -0.15) is 0 Å². The van der Waals surface area contributed by atoms with Crippen molar-refractivity contribution in [3.05, 3.63) is 12.7 Å². The minimum absolute atomic E-state index is 0.295. The Bertz CT molecular complexity index is 141. The quantitative estimate of drug-likeness (QED) is 0.399. The van der Waals surface area contributed by atoms with Gasteiger partial charge in [0, 0.05) is 0 Å². The molecule has 0 spiro atoms. The van der Waals surface area contributed by atoms with Crippen LogP contribution in [0.3, 0.4) is 0 Å². The third kappa shape index (κ3) is 5.42. The molecule has 0 unspecified atom stereocenters. The van der Waals surface area contributed by atoms with Gasteiger partial charge in [-0.3, -0.25) is 0 Å². The van der Waals surface area contributed by atoms with Crippen LogP contribution in [-0.2, 0) is 9.53 Å². The normalized spacial score (nSPS) is 9.92. The molecule has 0 aromatic heterocycles. The van der Waals surface area contributed by atoms with E-state index in [1.54, 1.807) is 0 Å². The van der Waals surface area contributed by atoms with Gasteiger partial charge in [0.1, 0.15) is 0 Å². The fourth-order valence-corrected chi connectivity index (χ4v) is 3.87. The minimum atomic E-state index is -0.636. The summed E-state index contributed by atoms with van der Waals surface area (Å²) in [4.78, 5) is 10.6. The molecule has 0 atom stereocenters. The molecule has 0 saturated heterocycles. The fraction of sp³-hybridized carbons (Fsp3) is 0.667. The van der Waals surface area contributed by atoms with Crippen molar-refractivity contribution < 1.29 is 9.53 Å². The van der Waals surface area contributed by atoms with E-state index >= 15 is 0 Å². The Kier molecular flexibility index (Phi) is 7.28. The SMILES string of the molecule is C=CC(=O)OCC[As](CC)CC. The number of ether oxygens (including phenoxy) is 1. The van der Waals surface area contributed by atoms with E-state index in [1.807, 2.05) is 0 Å². The Balaban J connectivity index is 3.40. The van der Waals surface area contributed by atoms with Gasteiger partial charge in [-0.25, -0.2) is 0 Å². The molecular formula is C9H17AsO2. The molecule has 2 nitrogen and oxygen atoms in total. The van der Waals surface area contributed by atoms with E-state index in [9.17, 15) is 4.79 Å². The molecule has 0 fully saturated rings. The number of hydrogen-bond acceptors (Lipinski definition) is 2. The monoisotopic (exact) mass is 232 g/mol. The molecule has 0 aliphatic heterocycles. The van der Waals surface area contributed by atoms with E-state index in [2.05, 4.69) is 20.4 Å². The predicted molar refractivity (Wildman–Crippen MR) is 52.7 cm³/mol. The number of rotatable bonds is 6. The molecule has 0 aromatic rings. The Labute approximate surface area is 79.2 Å². The van der Waals surface area contributed by atoms with Crippen molar-refractivity contribution in [2.45, 2.75) is 29.5 Å². The summed E-state index contributed by atoms with van der Waals surface area (Å²) in [5, 5.41) is 3.71. The Hall–Kier alpha value is -0.232. The van der Waals surface area contributed by atoms with Gasteiger partial charge in [0.2, 0.25) is 0 Å². The van der Waals surface area contributed by atoms with E-state index < -0.39 is 14.7 Å². The van der Waals surface area contributed by atoms with Crippen LogP contribution in [0.2, 0.25) is 15.6 Å². The molecule has 0 heterocycles. The molecule has 0 bridgehead atoms. The van der Waals surface area contributed by atoms with E-state index in [-0.39, 0.29) is 5.97 Å². The van der Waals surface area contributed by atoms with Gasteiger partial charge >= 0.3 is 78.9 Å². The average molecular weight is 232 g/mol. The summed E-state index contributed by atoms with van der Waals surface area (Å²) >= 11 is -0.636. The molecule has 12 heavy (non-hydrogen) atoms. The molecule has 0 aromatic carbocycles. The molecule has 3 heteroatoms. The van der Waals surface area contributed by atoms with E-state index in [0.29, 0.717) is 6.61 Å². The van der Waals surface area contributed by atoms with Crippen LogP contribution in [0, 0.1) is 0 Å². The van der Waals surface area contributed by atoms with Gasteiger partial charge in [0.25, 0.3) is 0 Å². The summed E-state index contributed by atoms with van der Waals surface area (Å²) in [5.74, 6) is -0.295. The third-order valence-corrected chi connectivity index (χ3v) is 7.18. The van der Waals surface area contributed by atoms with Crippen LogP contribution in [0.4, 0.5) is 0 Å². The van der Waals surface area contributed by atoms with Crippen molar-refractivity contribution in [1.82, 2.24) is 0 Å². The zero-order valence-corrected chi connectivity index (χ0v) is 9.75. The Morgan fingerprint density at radius 1 is 1.50 bits per heavy atom. The number of carbonyl (C=O) groups excluding carboxylic acids is 1. The first-order valence-corrected chi connectivity index (χ1v) is 8.24. The molecule has 0 N–H and O–H groups in total. The van der Waals surface area contributed by atoms with Crippen LogP contribution in [-0.4, -0.2) is 27.2 Å². The van der Waals surface area contributed by atoms with Crippen LogP contribution >= 0.6 is 0 Å². The summed E-state index contributed by atoms with van der Waals surface area (Å²) in [6, 6.07) is 0. The Morgan fingerprint density at radius 2 is 2.08 bits per heavy atom. The second-order valence-corrected chi connectivity index (χ2v) is 8.81. The summed E-state index contributed by atoms with van der Waals surface area (Å²) in [5.41, 5.74) is 0. The first-order valence-electron chi connectivity index (χ1n) is 4.26. The second kappa shape index (κ2) is 7.42. The molecule has 0 aliphatic rings. The molecule has 0 amide bonds. The van der Waals surface area contributed by atoms with Gasteiger partial charge in [0.05, 0.1) is 0 Å². The van der Waals surface area contributed by atoms with Crippen LogP contribution in [0.25, 0.3) is 0 Å². The van der Waals surface area contributed by atoms with Gasteiger partial charge in [-0.1, -0.05) is 0 Å². The van der Waals surface area contributed by atoms with Crippen molar-refractivity contribution in [2.75, 3.05) is 6.61 Å². The summed E-state index contributed by atoms with van der Waals surface area (Å²) in [6.07, 6.45) is 1.22. The third-order valence-electron chi connectivity index (χ3n) is 1.71. The molecule has 0 radical (unpaired) electrons. The van der Waals surface area contributed by atoms with Gasteiger partial charge in [-0.05, 0) is 0 Å². The number of hydrogen-bond donors (Lipinski definition) is 0. The summed E-state index contributed by atoms with van der Waals surface area (Å²) in [6.45, 7) is 8.37. The van der Waals surface area contributed by atoms with Crippen LogP contribution in [0.5, 0.6) is 0 Å². The summed E-state index contributed by atoms with van der Waals surface area (Å²) in [7, 11) is 0. The first-order chi connectivity index (χ1) is 5.74.